The van der Waals surface area contributed by atoms with E-state index in [-0.39, 0.29) is 0 Å². The molecule has 0 aromatic carbocycles. The van der Waals surface area contributed by atoms with E-state index in [0.717, 1.165) is 0 Å². The van der Waals surface area contributed by atoms with Crippen LogP contribution in [0.3, 0.4) is 0 Å². The summed E-state index contributed by atoms with van der Waals surface area (Å²) >= 11 is 0. The minimum absolute atomic E-state index is 0.615. The van der Waals surface area contributed by atoms with Gasteiger partial charge in [0.1, 0.15) is 6.54 Å². The molecule has 0 aliphatic rings. The second-order valence-corrected chi connectivity index (χ2v) is 7.02. The Bertz CT molecular complexity index is 393. The summed E-state index contributed by atoms with van der Waals surface area (Å²) in [5.41, 5.74) is 3.04. The Balaban J connectivity index is 2.44. The second-order valence-electron chi connectivity index (χ2n) is 7.02. The Morgan fingerprint density at radius 1 is 0.810 bits per heavy atom. The van der Waals surface area contributed by atoms with Crippen LogP contribution in [0.1, 0.15) is 103 Å². The zero-order chi connectivity index (χ0) is 15.7. The monoisotopic (exact) mass is 290 g/mol. The molecule has 0 spiro atoms. The SMILES string of the molecule is CCCCCCCCC[n+]1ccc(C(C)C)c(C(C)C)c1. The fourth-order valence-corrected chi connectivity index (χ4v) is 2.97. The number of pyridine rings is 1. The number of aryl methyl sites for hydroxylation is 1. The molecule has 1 heteroatoms. The Labute approximate surface area is 132 Å². The van der Waals surface area contributed by atoms with E-state index < -0.39 is 0 Å². The first-order valence-corrected chi connectivity index (χ1v) is 9.09. The highest BCUT2D eigenvalue weighted by atomic mass is 14.9. The lowest BCUT2D eigenvalue weighted by Gasteiger charge is -2.14. The van der Waals surface area contributed by atoms with Crippen molar-refractivity contribution in [3.8, 4) is 0 Å². The van der Waals surface area contributed by atoms with Gasteiger partial charge in [0, 0.05) is 18.1 Å². The maximum absolute atomic E-state index is 2.40. The molecule has 0 fully saturated rings. The molecule has 1 nitrogen and oxygen atoms in total. The molecule has 0 aliphatic heterocycles. The van der Waals surface area contributed by atoms with Crippen molar-refractivity contribution < 1.29 is 4.57 Å². The van der Waals surface area contributed by atoms with Crippen LogP contribution < -0.4 is 4.57 Å². The van der Waals surface area contributed by atoms with Crippen LogP contribution in [0.15, 0.2) is 18.5 Å². The van der Waals surface area contributed by atoms with Crippen molar-refractivity contribution in [2.24, 2.45) is 0 Å². The third-order valence-electron chi connectivity index (χ3n) is 4.35. The van der Waals surface area contributed by atoms with Gasteiger partial charge in [-0.25, -0.2) is 4.57 Å². The summed E-state index contributed by atoms with van der Waals surface area (Å²) in [6.07, 6.45) is 14.3. The molecule has 1 aromatic heterocycles. The number of aromatic nitrogens is 1. The van der Waals surface area contributed by atoms with Gasteiger partial charge in [-0.05, 0) is 23.8 Å². The Hall–Kier alpha value is -0.850. The molecular formula is C20H36N+. The maximum Gasteiger partial charge on any atom is 0.172 e. The minimum atomic E-state index is 0.615. The standard InChI is InChI=1S/C20H36N/c1-6-7-8-9-10-11-12-14-21-15-13-19(17(2)3)20(16-21)18(4)5/h13,15-18H,6-12,14H2,1-5H3/q+1. The summed E-state index contributed by atoms with van der Waals surface area (Å²) in [6.45, 7) is 12.7. The fourth-order valence-electron chi connectivity index (χ4n) is 2.97. The largest absolute Gasteiger partial charge is 0.205 e. The van der Waals surface area contributed by atoms with Crippen LogP contribution in [0.2, 0.25) is 0 Å². The lowest BCUT2D eigenvalue weighted by molar-refractivity contribution is -0.697. The number of hydrogen-bond donors (Lipinski definition) is 0. The molecule has 0 bridgehead atoms. The number of nitrogens with zero attached hydrogens (tertiary/aromatic N) is 1. The third-order valence-corrected chi connectivity index (χ3v) is 4.35. The van der Waals surface area contributed by atoms with Gasteiger partial charge in [-0.2, -0.15) is 0 Å². The van der Waals surface area contributed by atoms with E-state index >= 15 is 0 Å². The van der Waals surface area contributed by atoms with Gasteiger partial charge in [0.2, 0.25) is 0 Å². The number of rotatable bonds is 10. The van der Waals surface area contributed by atoms with Crippen molar-refractivity contribution in [2.45, 2.75) is 97.9 Å². The van der Waals surface area contributed by atoms with Crippen LogP contribution in [0.4, 0.5) is 0 Å². The topological polar surface area (TPSA) is 3.88 Å². The van der Waals surface area contributed by atoms with Crippen molar-refractivity contribution in [2.75, 3.05) is 0 Å². The van der Waals surface area contributed by atoms with Crippen LogP contribution in [0, 0.1) is 0 Å². The molecule has 0 amide bonds. The van der Waals surface area contributed by atoms with Crippen LogP contribution in [0.5, 0.6) is 0 Å². The molecule has 120 valence electrons. The average molecular weight is 291 g/mol. The highest BCUT2D eigenvalue weighted by Gasteiger charge is 2.14. The molecule has 1 aromatic rings. The predicted molar refractivity (Wildman–Crippen MR) is 92.8 cm³/mol. The molecule has 0 radical (unpaired) electrons. The van der Waals surface area contributed by atoms with Crippen molar-refractivity contribution in [3.05, 3.63) is 29.6 Å². The van der Waals surface area contributed by atoms with E-state index in [1.54, 1.807) is 0 Å². The molecule has 0 unspecified atom stereocenters. The summed E-state index contributed by atoms with van der Waals surface area (Å²) in [7, 11) is 0. The Kier molecular flexibility index (Phi) is 8.64. The lowest BCUT2D eigenvalue weighted by Crippen LogP contribution is -2.34. The highest BCUT2D eigenvalue weighted by molar-refractivity contribution is 5.27. The Morgan fingerprint density at radius 3 is 1.95 bits per heavy atom. The molecule has 21 heavy (non-hydrogen) atoms. The molecule has 0 atom stereocenters. The number of unbranched alkanes of at least 4 members (excludes halogenated alkanes) is 6. The van der Waals surface area contributed by atoms with Crippen molar-refractivity contribution >= 4 is 0 Å². The first-order chi connectivity index (χ1) is 10.1. The van der Waals surface area contributed by atoms with E-state index in [1.807, 2.05) is 0 Å². The van der Waals surface area contributed by atoms with Gasteiger partial charge in [0.15, 0.2) is 12.4 Å². The zero-order valence-corrected chi connectivity index (χ0v) is 15.0. The third kappa shape index (κ3) is 6.63. The van der Waals surface area contributed by atoms with Crippen LogP contribution >= 0.6 is 0 Å². The number of hydrogen-bond acceptors (Lipinski definition) is 0. The lowest BCUT2D eigenvalue weighted by atomic mass is 9.92. The summed E-state index contributed by atoms with van der Waals surface area (Å²) in [4.78, 5) is 0. The first kappa shape index (κ1) is 18.2. The van der Waals surface area contributed by atoms with E-state index in [4.69, 9.17) is 0 Å². The van der Waals surface area contributed by atoms with Crippen molar-refractivity contribution in [3.63, 3.8) is 0 Å². The molecule has 0 aliphatic carbocycles. The van der Waals surface area contributed by atoms with E-state index in [9.17, 15) is 0 Å². The van der Waals surface area contributed by atoms with Crippen LogP contribution in [-0.4, -0.2) is 0 Å². The molecule has 1 rings (SSSR count). The van der Waals surface area contributed by atoms with Gasteiger partial charge >= 0.3 is 0 Å². The predicted octanol–water partition coefficient (Wildman–Crippen LogP) is 5.97. The van der Waals surface area contributed by atoms with Crippen LogP contribution in [-0.2, 0) is 6.54 Å². The van der Waals surface area contributed by atoms with Gasteiger partial charge in [-0.15, -0.1) is 0 Å². The van der Waals surface area contributed by atoms with Gasteiger partial charge in [0.05, 0.1) is 0 Å². The highest BCUT2D eigenvalue weighted by Crippen LogP contribution is 2.24. The fraction of sp³-hybridized carbons (Fsp3) is 0.750. The van der Waals surface area contributed by atoms with E-state index in [1.165, 1.54) is 62.6 Å². The molecule has 0 saturated heterocycles. The van der Waals surface area contributed by atoms with Gasteiger partial charge in [-0.1, -0.05) is 66.7 Å². The summed E-state index contributed by atoms with van der Waals surface area (Å²) < 4.78 is 2.40. The summed E-state index contributed by atoms with van der Waals surface area (Å²) in [5, 5.41) is 0. The second kappa shape index (κ2) is 9.97. The van der Waals surface area contributed by atoms with Gasteiger partial charge in [-0.3, -0.25) is 0 Å². The van der Waals surface area contributed by atoms with Gasteiger partial charge in [0.25, 0.3) is 0 Å². The van der Waals surface area contributed by atoms with Crippen LogP contribution in [0.25, 0.3) is 0 Å². The molecule has 0 saturated carbocycles. The van der Waals surface area contributed by atoms with Crippen molar-refractivity contribution in [1.82, 2.24) is 0 Å². The quantitative estimate of drug-likeness (QED) is 0.369. The summed E-state index contributed by atoms with van der Waals surface area (Å²) in [6, 6.07) is 2.33. The van der Waals surface area contributed by atoms with Crippen molar-refractivity contribution in [1.29, 1.82) is 0 Å². The molecular weight excluding hydrogens is 254 g/mol. The Morgan fingerprint density at radius 2 is 1.38 bits per heavy atom. The minimum Gasteiger partial charge on any atom is -0.205 e. The maximum atomic E-state index is 2.40. The normalized spacial score (nSPS) is 11.6. The van der Waals surface area contributed by atoms with E-state index in [0.29, 0.717) is 11.8 Å². The van der Waals surface area contributed by atoms with Gasteiger partial charge < -0.3 is 0 Å². The first-order valence-electron chi connectivity index (χ1n) is 9.09. The molecule has 1 heterocycles. The molecule has 0 N–H and O–H groups in total. The average Bonchev–Trinajstić information content (AvgIpc) is 2.46. The summed E-state index contributed by atoms with van der Waals surface area (Å²) in [5.74, 6) is 1.24. The zero-order valence-electron chi connectivity index (χ0n) is 15.0. The van der Waals surface area contributed by atoms with E-state index in [2.05, 4.69) is 57.6 Å². The smallest absolute Gasteiger partial charge is 0.172 e.